The lowest BCUT2D eigenvalue weighted by atomic mass is 10.2. The van der Waals surface area contributed by atoms with Gasteiger partial charge >= 0.3 is 0 Å². The number of hydrogen-bond acceptors (Lipinski definition) is 4. The molecule has 0 spiro atoms. The van der Waals surface area contributed by atoms with Gasteiger partial charge in [-0.2, -0.15) is 0 Å². The van der Waals surface area contributed by atoms with Gasteiger partial charge in [-0.05, 0) is 48.5 Å². The minimum atomic E-state index is -0.163. The highest BCUT2D eigenvalue weighted by Crippen LogP contribution is 2.18. The number of carbonyl (C=O) groups is 1. The van der Waals surface area contributed by atoms with Crippen LogP contribution in [0.5, 0.6) is 5.75 Å². The van der Waals surface area contributed by atoms with Gasteiger partial charge in [-0.1, -0.05) is 23.7 Å². The van der Waals surface area contributed by atoms with E-state index in [1.165, 1.54) is 0 Å². The smallest absolute Gasteiger partial charge is 0.251 e. The molecule has 0 radical (unpaired) electrons. The number of pyridine rings is 1. The maximum absolute atomic E-state index is 12.4. The summed E-state index contributed by atoms with van der Waals surface area (Å²) in [5.41, 5.74) is 2.45. The summed E-state index contributed by atoms with van der Waals surface area (Å²) in [5.74, 6) is 1.36. The number of aromatic nitrogens is 3. The van der Waals surface area contributed by atoms with Gasteiger partial charge in [-0.15, -0.1) is 0 Å². The summed E-state index contributed by atoms with van der Waals surface area (Å²) in [4.78, 5) is 21.0. The van der Waals surface area contributed by atoms with Crippen LogP contribution in [0.2, 0.25) is 5.02 Å². The van der Waals surface area contributed by atoms with Crippen LogP contribution < -0.4 is 10.1 Å². The summed E-state index contributed by atoms with van der Waals surface area (Å²) < 4.78 is 7.90. The van der Waals surface area contributed by atoms with Crippen LogP contribution in [0.25, 0.3) is 11.0 Å². The number of nitrogens with zero attached hydrogens (tertiary/aromatic N) is 3. The zero-order valence-electron chi connectivity index (χ0n) is 15.6. The molecule has 2 aromatic heterocycles. The van der Waals surface area contributed by atoms with Crippen molar-refractivity contribution in [1.29, 1.82) is 0 Å². The van der Waals surface area contributed by atoms with Crippen LogP contribution in [0.1, 0.15) is 16.2 Å². The molecule has 2 heterocycles. The fourth-order valence-corrected chi connectivity index (χ4v) is 3.19. The summed E-state index contributed by atoms with van der Waals surface area (Å²) in [6.07, 6.45) is 3.19. The van der Waals surface area contributed by atoms with Gasteiger partial charge in [0.25, 0.3) is 5.91 Å². The average molecular weight is 407 g/mol. The van der Waals surface area contributed by atoms with E-state index in [-0.39, 0.29) is 5.91 Å². The van der Waals surface area contributed by atoms with Gasteiger partial charge in [-0.25, -0.2) is 4.98 Å². The van der Waals surface area contributed by atoms with E-state index >= 15 is 0 Å². The van der Waals surface area contributed by atoms with Crippen LogP contribution in [-0.4, -0.2) is 27.0 Å². The second kappa shape index (κ2) is 8.75. The number of amides is 1. The van der Waals surface area contributed by atoms with Gasteiger partial charge in [0.2, 0.25) is 0 Å². The summed E-state index contributed by atoms with van der Waals surface area (Å²) in [6, 6.07) is 18.5. The number of ether oxygens (including phenoxy) is 1. The van der Waals surface area contributed by atoms with Crippen molar-refractivity contribution in [2.75, 3.05) is 6.61 Å². The summed E-state index contributed by atoms with van der Waals surface area (Å²) in [6.45, 7) is 1.38. The van der Waals surface area contributed by atoms with E-state index in [1.54, 1.807) is 36.7 Å². The Kier molecular flexibility index (Phi) is 5.72. The van der Waals surface area contributed by atoms with Crippen LogP contribution in [-0.2, 0) is 13.1 Å². The number of hydrogen-bond donors (Lipinski definition) is 1. The predicted molar refractivity (Wildman–Crippen MR) is 112 cm³/mol. The molecule has 0 aliphatic rings. The largest absolute Gasteiger partial charge is 0.492 e. The quantitative estimate of drug-likeness (QED) is 0.501. The zero-order valence-corrected chi connectivity index (χ0v) is 16.3. The molecule has 0 aliphatic carbocycles. The lowest BCUT2D eigenvalue weighted by Crippen LogP contribution is -2.25. The fraction of sp³-hybridized carbons (Fsp3) is 0.136. The van der Waals surface area contributed by atoms with Gasteiger partial charge in [0.1, 0.15) is 18.2 Å². The van der Waals surface area contributed by atoms with E-state index in [4.69, 9.17) is 16.3 Å². The molecule has 1 N–H and O–H groups in total. The molecule has 2 aromatic carbocycles. The first-order valence-electron chi connectivity index (χ1n) is 9.21. The second-order valence-corrected chi connectivity index (χ2v) is 6.83. The van der Waals surface area contributed by atoms with Crippen LogP contribution in [0.15, 0.2) is 73.1 Å². The molecule has 4 rings (SSSR count). The van der Waals surface area contributed by atoms with Crippen molar-refractivity contribution >= 4 is 28.5 Å². The fourth-order valence-electron chi connectivity index (χ4n) is 3.06. The van der Waals surface area contributed by atoms with E-state index in [1.807, 2.05) is 36.4 Å². The first-order valence-corrected chi connectivity index (χ1v) is 9.59. The number of para-hydroxylation sites is 2. The van der Waals surface area contributed by atoms with Crippen molar-refractivity contribution in [3.05, 3.63) is 89.5 Å². The highest BCUT2D eigenvalue weighted by Gasteiger charge is 2.12. The third-order valence-electron chi connectivity index (χ3n) is 4.48. The third-order valence-corrected chi connectivity index (χ3v) is 4.73. The second-order valence-electron chi connectivity index (χ2n) is 6.39. The monoisotopic (exact) mass is 406 g/mol. The van der Waals surface area contributed by atoms with Crippen molar-refractivity contribution in [2.24, 2.45) is 0 Å². The molecular weight excluding hydrogens is 388 g/mol. The Morgan fingerprint density at radius 1 is 1.03 bits per heavy atom. The highest BCUT2D eigenvalue weighted by atomic mass is 35.5. The average Bonchev–Trinajstić information content (AvgIpc) is 3.11. The molecule has 0 bridgehead atoms. The molecule has 4 aromatic rings. The Hall–Kier alpha value is -3.38. The predicted octanol–water partition coefficient (Wildman–Crippen LogP) is 4.09. The summed E-state index contributed by atoms with van der Waals surface area (Å²) >= 11 is 5.91. The van der Waals surface area contributed by atoms with E-state index in [0.717, 1.165) is 22.6 Å². The van der Waals surface area contributed by atoms with Gasteiger partial charge < -0.3 is 14.6 Å². The summed E-state index contributed by atoms with van der Waals surface area (Å²) in [7, 11) is 0. The SMILES string of the molecule is O=C(NCc1nc2ccccc2n1CCOc1ccc(Cl)cc1)c1ccncc1. The molecule has 29 heavy (non-hydrogen) atoms. The standard InChI is InChI=1S/C22H19ClN4O2/c23-17-5-7-18(8-6-17)29-14-13-27-20-4-2-1-3-19(20)26-21(27)15-25-22(28)16-9-11-24-12-10-16/h1-12H,13-15H2,(H,25,28). The number of fused-ring (bicyclic) bond motifs is 1. The Labute approximate surface area is 173 Å². The minimum Gasteiger partial charge on any atom is -0.492 e. The van der Waals surface area contributed by atoms with E-state index in [0.29, 0.717) is 30.3 Å². The number of carbonyl (C=O) groups excluding carboxylic acids is 1. The van der Waals surface area contributed by atoms with Crippen molar-refractivity contribution in [1.82, 2.24) is 19.9 Å². The van der Waals surface area contributed by atoms with Crippen molar-refractivity contribution in [2.45, 2.75) is 13.1 Å². The molecule has 7 heteroatoms. The Balaban J connectivity index is 1.48. The highest BCUT2D eigenvalue weighted by molar-refractivity contribution is 6.30. The minimum absolute atomic E-state index is 0.163. The zero-order chi connectivity index (χ0) is 20.1. The first-order chi connectivity index (χ1) is 14.2. The molecule has 0 fully saturated rings. The molecule has 0 atom stereocenters. The molecule has 1 amide bonds. The van der Waals surface area contributed by atoms with Crippen LogP contribution in [0, 0.1) is 0 Å². The molecule has 6 nitrogen and oxygen atoms in total. The van der Waals surface area contributed by atoms with Crippen molar-refractivity contribution in [3.63, 3.8) is 0 Å². The van der Waals surface area contributed by atoms with Crippen molar-refractivity contribution < 1.29 is 9.53 Å². The van der Waals surface area contributed by atoms with E-state index in [9.17, 15) is 4.79 Å². The molecule has 0 saturated carbocycles. The van der Waals surface area contributed by atoms with Gasteiger partial charge in [-0.3, -0.25) is 9.78 Å². The third kappa shape index (κ3) is 4.55. The Morgan fingerprint density at radius 3 is 2.59 bits per heavy atom. The summed E-state index contributed by atoms with van der Waals surface area (Å²) in [5, 5.41) is 3.60. The topological polar surface area (TPSA) is 69.0 Å². The number of imidazole rings is 1. The molecule has 146 valence electrons. The molecule has 0 unspecified atom stereocenters. The number of halogens is 1. The van der Waals surface area contributed by atoms with Crippen molar-refractivity contribution in [3.8, 4) is 5.75 Å². The molecular formula is C22H19ClN4O2. The number of benzene rings is 2. The normalized spacial score (nSPS) is 10.8. The van der Waals surface area contributed by atoms with Crippen LogP contribution in [0.3, 0.4) is 0 Å². The number of rotatable bonds is 7. The lowest BCUT2D eigenvalue weighted by molar-refractivity contribution is 0.0949. The Bertz CT molecular complexity index is 1110. The van der Waals surface area contributed by atoms with Gasteiger partial charge in [0.05, 0.1) is 24.1 Å². The maximum Gasteiger partial charge on any atom is 0.251 e. The van der Waals surface area contributed by atoms with E-state index in [2.05, 4.69) is 19.9 Å². The Morgan fingerprint density at radius 2 is 1.79 bits per heavy atom. The van der Waals surface area contributed by atoms with E-state index < -0.39 is 0 Å². The van der Waals surface area contributed by atoms with Gasteiger partial charge in [0.15, 0.2) is 0 Å². The maximum atomic E-state index is 12.4. The van der Waals surface area contributed by atoms with Crippen LogP contribution >= 0.6 is 11.6 Å². The molecule has 0 saturated heterocycles. The molecule has 0 aliphatic heterocycles. The van der Waals surface area contributed by atoms with Crippen LogP contribution in [0.4, 0.5) is 0 Å². The number of nitrogens with one attached hydrogen (secondary N) is 1. The van der Waals surface area contributed by atoms with Gasteiger partial charge in [0, 0.05) is 23.0 Å². The lowest BCUT2D eigenvalue weighted by Gasteiger charge is -2.11. The first kappa shape index (κ1) is 19.0.